The fraction of sp³-hybridized carbons (Fsp3) is 0.0625. The van der Waals surface area contributed by atoms with Gasteiger partial charge in [0.25, 0.3) is 5.56 Å². The number of hydrogen-bond donors (Lipinski definition) is 1. The van der Waals surface area contributed by atoms with E-state index in [1.165, 1.54) is 10.8 Å². The summed E-state index contributed by atoms with van der Waals surface area (Å²) < 4.78 is 1.28. The number of carboxylic acid groups (broad SMARTS) is 1. The third-order valence-electron chi connectivity index (χ3n) is 3.28. The molecule has 0 aliphatic heterocycles. The fourth-order valence-corrected chi connectivity index (χ4v) is 2.29. The van der Waals surface area contributed by atoms with Crippen LogP contribution in [-0.2, 0) is 0 Å². The lowest BCUT2D eigenvalue weighted by Gasteiger charge is -2.09. The molecule has 0 saturated heterocycles. The van der Waals surface area contributed by atoms with E-state index in [-0.39, 0.29) is 11.1 Å². The van der Waals surface area contributed by atoms with Crippen LogP contribution in [0, 0.1) is 6.92 Å². The van der Waals surface area contributed by atoms with E-state index >= 15 is 0 Å². The SMILES string of the molecule is Cc1cccc(-n2cc(C(=O)O)c3ccccc3c2=O)n1. The fourth-order valence-electron chi connectivity index (χ4n) is 2.29. The molecule has 104 valence electrons. The first-order valence-corrected chi connectivity index (χ1v) is 6.39. The highest BCUT2D eigenvalue weighted by Gasteiger charge is 2.14. The van der Waals surface area contributed by atoms with Gasteiger partial charge in [0.2, 0.25) is 0 Å². The molecule has 0 aliphatic rings. The number of rotatable bonds is 2. The van der Waals surface area contributed by atoms with Crippen LogP contribution in [0.3, 0.4) is 0 Å². The molecule has 0 radical (unpaired) electrons. The van der Waals surface area contributed by atoms with Crippen LogP contribution in [0.2, 0.25) is 0 Å². The maximum absolute atomic E-state index is 12.5. The minimum absolute atomic E-state index is 0.0773. The number of nitrogens with zero attached hydrogens (tertiary/aromatic N) is 2. The third kappa shape index (κ3) is 2.18. The molecule has 0 amide bonds. The molecule has 2 heterocycles. The second-order valence-electron chi connectivity index (χ2n) is 4.71. The summed E-state index contributed by atoms with van der Waals surface area (Å²) in [5.74, 6) is -0.666. The van der Waals surface area contributed by atoms with Gasteiger partial charge in [0.1, 0.15) is 5.82 Å². The second-order valence-corrected chi connectivity index (χ2v) is 4.71. The van der Waals surface area contributed by atoms with Gasteiger partial charge in [-0.1, -0.05) is 24.3 Å². The lowest BCUT2D eigenvalue weighted by atomic mass is 10.1. The zero-order chi connectivity index (χ0) is 15.0. The van der Waals surface area contributed by atoms with Crippen LogP contribution < -0.4 is 5.56 Å². The van der Waals surface area contributed by atoms with Crippen molar-refractivity contribution in [3.8, 4) is 5.82 Å². The lowest BCUT2D eigenvalue weighted by molar-refractivity contribution is 0.0698. The third-order valence-corrected chi connectivity index (χ3v) is 3.28. The number of hydrogen-bond acceptors (Lipinski definition) is 3. The standard InChI is InChI=1S/C16H12N2O3/c1-10-5-4-8-14(17-10)18-9-13(16(20)21)11-6-2-3-7-12(11)15(18)19/h2-9H,1H3,(H,20,21). The van der Waals surface area contributed by atoms with E-state index < -0.39 is 5.97 Å². The van der Waals surface area contributed by atoms with Crippen molar-refractivity contribution in [3.63, 3.8) is 0 Å². The van der Waals surface area contributed by atoms with Crippen molar-refractivity contribution in [2.75, 3.05) is 0 Å². The highest BCUT2D eigenvalue weighted by molar-refractivity contribution is 6.03. The van der Waals surface area contributed by atoms with E-state index in [9.17, 15) is 14.7 Å². The lowest BCUT2D eigenvalue weighted by Crippen LogP contribution is -2.21. The van der Waals surface area contributed by atoms with Gasteiger partial charge in [-0.15, -0.1) is 0 Å². The van der Waals surface area contributed by atoms with Gasteiger partial charge in [-0.25, -0.2) is 9.78 Å². The molecule has 1 aromatic carbocycles. The van der Waals surface area contributed by atoms with Gasteiger partial charge >= 0.3 is 5.97 Å². The molecule has 5 nitrogen and oxygen atoms in total. The van der Waals surface area contributed by atoms with Crippen molar-refractivity contribution < 1.29 is 9.90 Å². The van der Waals surface area contributed by atoms with Gasteiger partial charge in [0, 0.05) is 22.7 Å². The Morgan fingerprint density at radius 2 is 1.81 bits per heavy atom. The first-order chi connectivity index (χ1) is 10.1. The van der Waals surface area contributed by atoms with Crippen LogP contribution in [0.5, 0.6) is 0 Å². The number of fused-ring (bicyclic) bond motifs is 1. The molecular formula is C16H12N2O3. The van der Waals surface area contributed by atoms with Gasteiger partial charge in [-0.2, -0.15) is 0 Å². The largest absolute Gasteiger partial charge is 0.478 e. The number of benzene rings is 1. The summed E-state index contributed by atoms with van der Waals surface area (Å²) in [5, 5.41) is 10.2. The van der Waals surface area contributed by atoms with Crippen molar-refractivity contribution >= 4 is 16.7 Å². The van der Waals surface area contributed by atoms with E-state index in [4.69, 9.17) is 0 Å². The van der Waals surface area contributed by atoms with E-state index in [1.54, 1.807) is 36.4 Å². The Morgan fingerprint density at radius 3 is 2.48 bits per heavy atom. The average Bonchev–Trinajstić information content (AvgIpc) is 2.47. The minimum atomic E-state index is -1.08. The van der Waals surface area contributed by atoms with Crippen LogP contribution in [0.25, 0.3) is 16.6 Å². The summed E-state index contributed by atoms with van der Waals surface area (Å²) in [6.45, 7) is 1.81. The summed E-state index contributed by atoms with van der Waals surface area (Å²) in [4.78, 5) is 28.3. The second kappa shape index (κ2) is 4.86. The molecule has 0 bridgehead atoms. The van der Waals surface area contributed by atoms with Gasteiger partial charge in [0.15, 0.2) is 0 Å². The Labute approximate surface area is 120 Å². The van der Waals surface area contributed by atoms with Gasteiger partial charge in [-0.3, -0.25) is 9.36 Å². The van der Waals surface area contributed by atoms with E-state index in [0.29, 0.717) is 16.6 Å². The van der Waals surface area contributed by atoms with Gasteiger partial charge in [-0.05, 0) is 25.1 Å². The molecule has 0 unspecified atom stereocenters. The first-order valence-electron chi connectivity index (χ1n) is 6.39. The zero-order valence-electron chi connectivity index (χ0n) is 11.3. The minimum Gasteiger partial charge on any atom is -0.478 e. The van der Waals surface area contributed by atoms with E-state index in [2.05, 4.69) is 4.98 Å². The Bertz CT molecular complexity index is 913. The molecule has 1 N–H and O–H groups in total. The maximum atomic E-state index is 12.5. The Hall–Kier alpha value is -2.95. The number of aryl methyl sites for hydroxylation is 1. The molecule has 3 rings (SSSR count). The smallest absolute Gasteiger partial charge is 0.337 e. The van der Waals surface area contributed by atoms with E-state index in [0.717, 1.165) is 5.69 Å². The Morgan fingerprint density at radius 1 is 1.10 bits per heavy atom. The first kappa shape index (κ1) is 13.1. The van der Waals surface area contributed by atoms with Gasteiger partial charge in [0.05, 0.1) is 5.56 Å². The number of carbonyl (C=O) groups is 1. The Balaban J connectivity index is 2.42. The molecule has 0 fully saturated rings. The normalized spacial score (nSPS) is 10.7. The van der Waals surface area contributed by atoms with Crippen LogP contribution in [-0.4, -0.2) is 20.6 Å². The number of aromatic nitrogens is 2. The summed E-state index contributed by atoms with van der Waals surface area (Å²) in [5.41, 5.74) is 0.548. The van der Waals surface area contributed by atoms with Crippen LogP contribution >= 0.6 is 0 Å². The maximum Gasteiger partial charge on any atom is 0.337 e. The molecule has 0 aliphatic carbocycles. The van der Waals surface area contributed by atoms with Crippen molar-refractivity contribution in [3.05, 3.63) is 70.3 Å². The molecular weight excluding hydrogens is 268 g/mol. The van der Waals surface area contributed by atoms with E-state index in [1.807, 2.05) is 13.0 Å². The summed E-state index contributed by atoms with van der Waals surface area (Å²) in [6, 6.07) is 11.9. The number of aromatic carboxylic acids is 1. The molecule has 0 atom stereocenters. The summed E-state index contributed by atoms with van der Waals surface area (Å²) in [7, 11) is 0. The molecule has 21 heavy (non-hydrogen) atoms. The highest BCUT2D eigenvalue weighted by atomic mass is 16.4. The predicted molar refractivity (Wildman–Crippen MR) is 79.0 cm³/mol. The van der Waals surface area contributed by atoms with Crippen molar-refractivity contribution in [1.29, 1.82) is 0 Å². The average molecular weight is 280 g/mol. The molecule has 3 aromatic rings. The molecule has 2 aromatic heterocycles. The predicted octanol–water partition coefficient (Wildman–Crippen LogP) is 2.39. The molecule has 0 saturated carbocycles. The molecule has 0 spiro atoms. The quantitative estimate of drug-likeness (QED) is 0.782. The van der Waals surface area contributed by atoms with Crippen LogP contribution in [0.4, 0.5) is 0 Å². The summed E-state index contributed by atoms with van der Waals surface area (Å²) in [6.07, 6.45) is 1.33. The van der Waals surface area contributed by atoms with Crippen LogP contribution in [0.1, 0.15) is 16.1 Å². The topological polar surface area (TPSA) is 72.2 Å². The highest BCUT2D eigenvalue weighted by Crippen LogP contribution is 2.17. The number of carboxylic acids is 1. The zero-order valence-corrected chi connectivity index (χ0v) is 11.3. The van der Waals surface area contributed by atoms with Crippen molar-refractivity contribution in [2.45, 2.75) is 6.92 Å². The van der Waals surface area contributed by atoms with Gasteiger partial charge < -0.3 is 5.11 Å². The summed E-state index contributed by atoms with van der Waals surface area (Å²) >= 11 is 0. The number of pyridine rings is 2. The monoisotopic (exact) mass is 280 g/mol. The van der Waals surface area contributed by atoms with Crippen molar-refractivity contribution in [2.24, 2.45) is 0 Å². The van der Waals surface area contributed by atoms with Crippen LogP contribution in [0.15, 0.2) is 53.5 Å². The Kier molecular flexibility index (Phi) is 3.02. The van der Waals surface area contributed by atoms with Crippen molar-refractivity contribution in [1.82, 2.24) is 9.55 Å². The molecule has 5 heteroatoms.